The molecule has 0 aliphatic carbocycles. The predicted molar refractivity (Wildman–Crippen MR) is 134 cm³/mol. The van der Waals surface area contributed by atoms with Gasteiger partial charge in [-0.1, -0.05) is 78.1 Å². The lowest BCUT2D eigenvalue weighted by atomic mass is 10.1. The Kier molecular flexibility index (Phi) is 7.82. The number of anilines is 1. The molecule has 0 unspecified atom stereocenters. The second kappa shape index (κ2) is 10.6. The van der Waals surface area contributed by atoms with Crippen LogP contribution in [0.2, 0.25) is 0 Å². The summed E-state index contributed by atoms with van der Waals surface area (Å²) in [6, 6.07) is 15.9. The van der Waals surface area contributed by atoms with E-state index >= 15 is 0 Å². The van der Waals surface area contributed by atoms with Crippen molar-refractivity contribution < 1.29 is 9.59 Å². The van der Waals surface area contributed by atoms with E-state index in [-0.39, 0.29) is 11.8 Å². The molecule has 1 fully saturated rings. The van der Waals surface area contributed by atoms with Crippen LogP contribution in [0.1, 0.15) is 36.5 Å². The highest BCUT2D eigenvalue weighted by Gasteiger charge is 2.31. The highest BCUT2D eigenvalue weighted by Crippen LogP contribution is 2.32. The monoisotopic (exact) mass is 450 g/mol. The lowest BCUT2D eigenvalue weighted by molar-refractivity contribution is -0.122. The van der Waals surface area contributed by atoms with Crippen LogP contribution in [0, 0.1) is 13.8 Å². The summed E-state index contributed by atoms with van der Waals surface area (Å²) in [6.45, 7) is 6.40. The van der Waals surface area contributed by atoms with Crippen molar-refractivity contribution in [2.75, 3.05) is 11.9 Å². The molecule has 2 amide bonds. The van der Waals surface area contributed by atoms with E-state index in [1.165, 1.54) is 11.8 Å². The Labute approximate surface area is 193 Å². The van der Waals surface area contributed by atoms with Gasteiger partial charge < -0.3 is 5.32 Å². The third-order valence-corrected chi connectivity index (χ3v) is 6.25. The molecule has 0 radical (unpaired) electrons. The van der Waals surface area contributed by atoms with Crippen molar-refractivity contribution in [3.8, 4) is 0 Å². The molecule has 4 nitrogen and oxygen atoms in total. The molecule has 6 heteroatoms. The average molecular weight is 451 g/mol. The molecule has 3 rings (SSSR count). The second-order valence-corrected chi connectivity index (χ2v) is 9.28. The number of hydrogen-bond acceptors (Lipinski definition) is 4. The van der Waals surface area contributed by atoms with Crippen LogP contribution in [0.25, 0.3) is 6.08 Å². The summed E-state index contributed by atoms with van der Waals surface area (Å²) in [6.07, 6.45) is 4.79. The molecule has 0 bridgehead atoms. The molecule has 160 valence electrons. The van der Waals surface area contributed by atoms with Gasteiger partial charge in [0.2, 0.25) is 5.91 Å². The van der Waals surface area contributed by atoms with E-state index in [0.29, 0.717) is 28.6 Å². The fourth-order valence-electron chi connectivity index (χ4n) is 3.32. The van der Waals surface area contributed by atoms with Crippen molar-refractivity contribution in [1.82, 2.24) is 4.90 Å². The number of carbonyl (C=O) groups excluding carboxylic acids is 2. The molecule has 0 spiro atoms. The number of carbonyl (C=O) groups is 2. The van der Waals surface area contributed by atoms with E-state index in [1.54, 1.807) is 4.90 Å². The van der Waals surface area contributed by atoms with E-state index in [9.17, 15) is 9.59 Å². The SMILES string of the molecule is CC(=C\c1ccccc1)/C=C1/SC(=S)N(CCCC(=O)Nc2ccc(C)cc2C)C1=O. The van der Waals surface area contributed by atoms with Gasteiger partial charge in [-0.2, -0.15) is 0 Å². The smallest absolute Gasteiger partial charge is 0.266 e. The Balaban J connectivity index is 1.54. The molecular formula is C25H26N2O2S2. The quantitative estimate of drug-likeness (QED) is 0.423. The molecule has 0 atom stereocenters. The third kappa shape index (κ3) is 6.39. The van der Waals surface area contributed by atoms with E-state index < -0.39 is 0 Å². The van der Waals surface area contributed by atoms with Crippen LogP contribution in [0.3, 0.4) is 0 Å². The van der Waals surface area contributed by atoms with Crippen LogP contribution in [0.15, 0.2) is 65.1 Å². The molecule has 2 aromatic carbocycles. The largest absolute Gasteiger partial charge is 0.326 e. The molecule has 31 heavy (non-hydrogen) atoms. The number of nitrogens with zero attached hydrogens (tertiary/aromatic N) is 1. The summed E-state index contributed by atoms with van der Waals surface area (Å²) in [4.78, 5) is 27.3. The number of allylic oxidation sites excluding steroid dienone is 2. The summed E-state index contributed by atoms with van der Waals surface area (Å²) in [5, 5.41) is 2.94. The van der Waals surface area contributed by atoms with Crippen molar-refractivity contribution in [1.29, 1.82) is 0 Å². The van der Waals surface area contributed by atoms with Crippen molar-refractivity contribution in [2.24, 2.45) is 0 Å². The van der Waals surface area contributed by atoms with Gasteiger partial charge in [-0.3, -0.25) is 14.5 Å². The number of thiocarbonyl (C=S) groups is 1. The molecule has 1 aliphatic heterocycles. The maximum Gasteiger partial charge on any atom is 0.266 e. The highest BCUT2D eigenvalue weighted by molar-refractivity contribution is 8.26. The number of aryl methyl sites for hydroxylation is 2. The van der Waals surface area contributed by atoms with Gasteiger partial charge in [-0.25, -0.2) is 0 Å². The van der Waals surface area contributed by atoms with E-state index in [0.717, 1.165) is 28.0 Å². The number of nitrogens with one attached hydrogen (secondary N) is 1. The average Bonchev–Trinajstić information content (AvgIpc) is 2.98. The molecule has 0 aromatic heterocycles. The van der Waals surface area contributed by atoms with Gasteiger partial charge in [0.25, 0.3) is 5.91 Å². The van der Waals surface area contributed by atoms with E-state index in [1.807, 2.05) is 81.5 Å². The minimum Gasteiger partial charge on any atom is -0.326 e. The zero-order valence-corrected chi connectivity index (χ0v) is 19.6. The van der Waals surface area contributed by atoms with E-state index in [2.05, 4.69) is 5.32 Å². The van der Waals surface area contributed by atoms with Crippen LogP contribution < -0.4 is 5.32 Å². The Bertz CT molecular complexity index is 1060. The summed E-state index contributed by atoms with van der Waals surface area (Å²) >= 11 is 6.71. The van der Waals surface area contributed by atoms with Crippen LogP contribution in [0.4, 0.5) is 5.69 Å². The van der Waals surface area contributed by atoms with Gasteiger partial charge in [-0.05, 0) is 56.0 Å². The van der Waals surface area contributed by atoms with Crippen molar-refractivity contribution in [3.63, 3.8) is 0 Å². The normalized spacial score (nSPS) is 15.6. The molecular weight excluding hydrogens is 424 g/mol. The zero-order valence-electron chi connectivity index (χ0n) is 18.0. The molecule has 2 aromatic rings. The van der Waals surface area contributed by atoms with Crippen LogP contribution in [0.5, 0.6) is 0 Å². The summed E-state index contributed by atoms with van der Waals surface area (Å²) in [5.41, 5.74) is 5.09. The maximum atomic E-state index is 12.8. The molecule has 1 aliphatic rings. The Morgan fingerprint density at radius 1 is 1.16 bits per heavy atom. The summed E-state index contributed by atoms with van der Waals surface area (Å²) in [5.74, 6) is -0.153. The fraction of sp³-hybridized carbons (Fsp3) is 0.240. The fourth-order valence-corrected chi connectivity index (χ4v) is 4.68. The predicted octanol–water partition coefficient (Wildman–Crippen LogP) is 5.87. The molecule has 1 N–H and O–H groups in total. The highest BCUT2D eigenvalue weighted by atomic mass is 32.2. The van der Waals surface area contributed by atoms with Gasteiger partial charge in [0.05, 0.1) is 4.91 Å². The van der Waals surface area contributed by atoms with Gasteiger partial charge in [-0.15, -0.1) is 0 Å². The topological polar surface area (TPSA) is 49.4 Å². The Morgan fingerprint density at radius 3 is 2.61 bits per heavy atom. The van der Waals surface area contributed by atoms with Gasteiger partial charge in [0.1, 0.15) is 4.32 Å². The number of benzene rings is 2. The second-order valence-electron chi connectivity index (χ2n) is 7.60. The van der Waals surface area contributed by atoms with E-state index in [4.69, 9.17) is 12.2 Å². The zero-order chi connectivity index (χ0) is 22.4. The number of rotatable bonds is 7. The van der Waals surface area contributed by atoms with Crippen LogP contribution >= 0.6 is 24.0 Å². The van der Waals surface area contributed by atoms with Gasteiger partial charge >= 0.3 is 0 Å². The first kappa shape index (κ1) is 23.0. The molecule has 1 heterocycles. The Morgan fingerprint density at radius 2 is 1.90 bits per heavy atom. The lowest BCUT2D eigenvalue weighted by Gasteiger charge is -2.14. The third-order valence-electron chi connectivity index (χ3n) is 4.87. The number of amides is 2. The summed E-state index contributed by atoms with van der Waals surface area (Å²) in [7, 11) is 0. The van der Waals surface area contributed by atoms with Gasteiger partial charge in [0, 0.05) is 18.7 Å². The first-order valence-corrected chi connectivity index (χ1v) is 11.4. The minimum atomic E-state index is -0.0920. The number of hydrogen-bond donors (Lipinski definition) is 1. The lowest BCUT2D eigenvalue weighted by Crippen LogP contribution is -2.29. The van der Waals surface area contributed by atoms with Crippen molar-refractivity contribution in [2.45, 2.75) is 33.6 Å². The standard InChI is InChI=1S/C25H26N2O2S2/c1-17-11-12-21(19(3)14-17)26-23(28)10-7-13-27-24(29)22(31-25(27)30)16-18(2)15-20-8-5-4-6-9-20/h4-6,8-9,11-12,14-16H,7,10,13H2,1-3H3,(H,26,28)/b18-15+,22-16+. The summed E-state index contributed by atoms with van der Waals surface area (Å²) < 4.78 is 0.540. The first-order chi connectivity index (χ1) is 14.8. The van der Waals surface area contributed by atoms with Crippen molar-refractivity contribution in [3.05, 3.63) is 81.8 Å². The molecule has 0 saturated carbocycles. The minimum absolute atomic E-state index is 0.0606. The van der Waals surface area contributed by atoms with Gasteiger partial charge in [0.15, 0.2) is 0 Å². The first-order valence-electron chi connectivity index (χ1n) is 10.2. The maximum absolute atomic E-state index is 12.8. The van der Waals surface area contributed by atoms with Crippen LogP contribution in [-0.2, 0) is 9.59 Å². The number of thioether (sulfide) groups is 1. The van der Waals surface area contributed by atoms with Crippen LogP contribution in [-0.4, -0.2) is 27.6 Å². The Hall–Kier alpha value is -2.70. The molecule has 1 saturated heterocycles. The van der Waals surface area contributed by atoms with Crippen molar-refractivity contribution >= 4 is 51.9 Å².